The van der Waals surface area contributed by atoms with Crippen LogP contribution in [0.2, 0.25) is 0 Å². The molecule has 2 aromatic heterocycles. The number of para-hydroxylation sites is 1. The lowest BCUT2D eigenvalue weighted by Gasteiger charge is -2.10. The van der Waals surface area contributed by atoms with Crippen LogP contribution in [0.3, 0.4) is 0 Å². The number of carbonyl (C=O) groups excluding carboxylic acids is 1. The van der Waals surface area contributed by atoms with Gasteiger partial charge in [0.2, 0.25) is 5.88 Å². The summed E-state index contributed by atoms with van der Waals surface area (Å²) < 4.78 is 7.10. The average molecular weight is 372 g/mol. The predicted molar refractivity (Wildman–Crippen MR) is 105 cm³/mol. The molecule has 0 saturated carbocycles. The van der Waals surface area contributed by atoms with Gasteiger partial charge < -0.3 is 10.1 Å². The second-order valence-corrected chi connectivity index (χ2v) is 5.65. The molecule has 0 aliphatic carbocycles. The van der Waals surface area contributed by atoms with Crippen molar-refractivity contribution in [3.63, 3.8) is 0 Å². The largest absolute Gasteiger partial charge is 0.438 e. The number of hydrogen-bond donors (Lipinski definition) is 1. The monoisotopic (exact) mass is 372 g/mol. The van der Waals surface area contributed by atoms with Gasteiger partial charge in [-0.15, -0.1) is 6.58 Å². The highest BCUT2D eigenvalue weighted by Gasteiger charge is 2.17. The molecule has 0 aliphatic rings. The van der Waals surface area contributed by atoms with Crippen LogP contribution in [-0.2, 0) is 4.79 Å². The number of ether oxygens (including phenoxy) is 1. The number of pyridine rings is 1. The van der Waals surface area contributed by atoms with E-state index < -0.39 is 11.5 Å². The number of fused-ring (bicyclic) bond motifs is 1. The van der Waals surface area contributed by atoms with Crippen LogP contribution in [0.4, 0.5) is 0 Å². The summed E-state index contributed by atoms with van der Waals surface area (Å²) in [5, 5.41) is 11.9. The van der Waals surface area contributed by atoms with Crippen molar-refractivity contribution in [1.29, 1.82) is 5.26 Å². The first-order valence-corrected chi connectivity index (χ1v) is 8.39. The molecule has 7 nitrogen and oxygen atoms in total. The molecule has 7 heteroatoms. The van der Waals surface area contributed by atoms with Crippen molar-refractivity contribution in [2.75, 3.05) is 6.54 Å². The van der Waals surface area contributed by atoms with Crippen molar-refractivity contribution in [3.8, 4) is 17.7 Å². The zero-order valence-corrected chi connectivity index (χ0v) is 14.8. The predicted octanol–water partition coefficient (Wildman–Crippen LogP) is 2.70. The lowest BCUT2D eigenvalue weighted by molar-refractivity contribution is -0.116. The first-order chi connectivity index (χ1) is 13.6. The Hall–Kier alpha value is -4.18. The van der Waals surface area contributed by atoms with E-state index in [1.165, 1.54) is 16.6 Å². The van der Waals surface area contributed by atoms with Crippen molar-refractivity contribution in [2.24, 2.45) is 0 Å². The Morgan fingerprint density at radius 3 is 2.71 bits per heavy atom. The molecule has 0 spiro atoms. The van der Waals surface area contributed by atoms with Crippen LogP contribution in [0, 0.1) is 11.3 Å². The maximum Gasteiger partial charge on any atom is 0.269 e. The number of nitrogens with one attached hydrogen (secondary N) is 1. The highest BCUT2D eigenvalue weighted by atomic mass is 16.5. The van der Waals surface area contributed by atoms with Gasteiger partial charge in [0.25, 0.3) is 11.5 Å². The normalized spacial score (nSPS) is 10.9. The fraction of sp³-hybridized carbons (Fsp3) is 0.0476. The summed E-state index contributed by atoms with van der Waals surface area (Å²) in [6.45, 7) is 3.71. The molecule has 0 bridgehead atoms. The SMILES string of the molecule is C=CCNC(=O)C(C#N)=Cc1c(Oc2ccccc2)nc2ccccn2c1=O. The first kappa shape index (κ1) is 18.6. The number of amides is 1. The van der Waals surface area contributed by atoms with E-state index in [9.17, 15) is 14.9 Å². The molecular weight excluding hydrogens is 356 g/mol. The first-order valence-electron chi connectivity index (χ1n) is 8.39. The van der Waals surface area contributed by atoms with E-state index in [-0.39, 0.29) is 23.6 Å². The minimum atomic E-state index is -0.620. The molecule has 0 aliphatic heterocycles. The lowest BCUT2D eigenvalue weighted by atomic mass is 10.1. The van der Waals surface area contributed by atoms with E-state index in [2.05, 4.69) is 16.9 Å². The second kappa shape index (κ2) is 8.47. The summed E-state index contributed by atoms with van der Waals surface area (Å²) in [4.78, 5) is 29.5. The molecule has 138 valence electrons. The van der Waals surface area contributed by atoms with Gasteiger partial charge in [0, 0.05) is 12.7 Å². The maximum atomic E-state index is 13.0. The Labute approximate surface area is 160 Å². The molecule has 1 amide bonds. The molecule has 1 aromatic carbocycles. The molecule has 0 unspecified atom stereocenters. The van der Waals surface area contributed by atoms with Crippen LogP contribution in [0.1, 0.15) is 5.56 Å². The molecule has 0 saturated heterocycles. The van der Waals surface area contributed by atoms with Crippen molar-refractivity contribution in [1.82, 2.24) is 14.7 Å². The number of rotatable bonds is 6. The van der Waals surface area contributed by atoms with E-state index in [0.717, 1.165) is 0 Å². The number of nitrogens with zero attached hydrogens (tertiary/aromatic N) is 3. The van der Waals surface area contributed by atoms with Gasteiger partial charge in [0.1, 0.15) is 28.6 Å². The van der Waals surface area contributed by atoms with Gasteiger partial charge in [-0.25, -0.2) is 0 Å². The number of hydrogen-bond acceptors (Lipinski definition) is 5. The summed E-state index contributed by atoms with van der Waals surface area (Å²) in [5.41, 5.74) is -0.321. The number of aromatic nitrogens is 2. The van der Waals surface area contributed by atoms with E-state index in [1.54, 1.807) is 48.7 Å². The maximum absolute atomic E-state index is 13.0. The average Bonchev–Trinajstić information content (AvgIpc) is 2.73. The summed E-state index contributed by atoms with van der Waals surface area (Å²) >= 11 is 0. The Morgan fingerprint density at radius 2 is 2.00 bits per heavy atom. The smallest absolute Gasteiger partial charge is 0.269 e. The quantitative estimate of drug-likeness (QED) is 0.408. The Bertz CT molecular complexity index is 1160. The highest BCUT2D eigenvalue weighted by Crippen LogP contribution is 2.23. The van der Waals surface area contributed by atoms with Gasteiger partial charge in [-0.2, -0.15) is 10.2 Å². The van der Waals surface area contributed by atoms with E-state index in [1.807, 2.05) is 12.1 Å². The molecular formula is C21H16N4O3. The van der Waals surface area contributed by atoms with Gasteiger partial charge in [-0.05, 0) is 30.3 Å². The summed E-state index contributed by atoms with van der Waals surface area (Å²) in [7, 11) is 0. The van der Waals surface area contributed by atoms with Gasteiger partial charge in [0.05, 0.1) is 0 Å². The summed E-state index contributed by atoms with van der Waals surface area (Å²) in [6, 6.07) is 15.7. The fourth-order valence-corrected chi connectivity index (χ4v) is 2.44. The molecule has 1 N–H and O–H groups in total. The Morgan fingerprint density at radius 1 is 1.25 bits per heavy atom. The van der Waals surface area contributed by atoms with Gasteiger partial charge in [-0.1, -0.05) is 30.3 Å². The minimum Gasteiger partial charge on any atom is -0.438 e. The van der Waals surface area contributed by atoms with Crippen LogP contribution in [0.25, 0.3) is 11.7 Å². The highest BCUT2D eigenvalue weighted by molar-refractivity contribution is 6.01. The Balaban J connectivity index is 2.17. The zero-order valence-electron chi connectivity index (χ0n) is 14.8. The molecule has 2 heterocycles. The number of benzene rings is 1. The van der Waals surface area contributed by atoms with Gasteiger partial charge >= 0.3 is 0 Å². The summed E-state index contributed by atoms with van der Waals surface area (Å²) in [6.07, 6.45) is 4.23. The molecule has 3 aromatic rings. The molecule has 0 radical (unpaired) electrons. The van der Waals surface area contributed by atoms with E-state index in [4.69, 9.17) is 4.74 Å². The molecule has 28 heavy (non-hydrogen) atoms. The molecule has 3 rings (SSSR count). The standard InChI is InChI=1S/C21H16N4O3/c1-2-11-23-19(26)15(14-22)13-17-20(28-16-8-4-3-5-9-16)24-18-10-6-7-12-25(18)21(17)27/h2-10,12-13H,1,11H2,(H,23,26). The van der Waals surface area contributed by atoms with Crippen LogP contribution >= 0.6 is 0 Å². The van der Waals surface area contributed by atoms with Crippen LogP contribution in [0.15, 0.2) is 77.8 Å². The zero-order chi connectivity index (χ0) is 19.9. The van der Waals surface area contributed by atoms with Crippen LogP contribution in [0.5, 0.6) is 11.6 Å². The fourth-order valence-electron chi connectivity index (χ4n) is 2.44. The van der Waals surface area contributed by atoms with Crippen molar-refractivity contribution in [3.05, 3.63) is 88.9 Å². The van der Waals surface area contributed by atoms with E-state index in [0.29, 0.717) is 11.4 Å². The topological polar surface area (TPSA) is 96.5 Å². The Kier molecular flexibility index (Phi) is 5.63. The van der Waals surface area contributed by atoms with E-state index >= 15 is 0 Å². The van der Waals surface area contributed by atoms with Crippen LogP contribution in [-0.4, -0.2) is 21.8 Å². The summed E-state index contributed by atoms with van der Waals surface area (Å²) in [5.74, 6) is -0.142. The lowest BCUT2D eigenvalue weighted by Crippen LogP contribution is -2.25. The van der Waals surface area contributed by atoms with Crippen molar-refractivity contribution < 1.29 is 9.53 Å². The number of carbonyl (C=O) groups is 1. The third-order valence-electron chi connectivity index (χ3n) is 3.75. The second-order valence-electron chi connectivity index (χ2n) is 5.65. The molecule has 0 fully saturated rings. The number of nitriles is 1. The third-order valence-corrected chi connectivity index (χ3v) is 3.75. The van der Waals surface area contributed by atoms with Crippen LogP contribution < -0.4 is 15.6 Å². The third kappa shape index (κ3) is 3.97. The van der Waals surface area contributed by atoms with Crippen molar-refractivity contribution in [2.45, 2.75) is 0 Å². The minimum absolute atomic E-state index is 0.00199. The van der Waals surface area contributed by atoms with Gasteiger partial charge in [-0.3, -0.25) is 14.0 Å². The van der Waals surface area contributed by atoms with Gasteiger partial charge in [0.15, 0.2) is 0 Å². The van der Waals surface area contributed by atoms with Crippen molar-refractivity contribution >= 4 is 17.6 Å². The molecule has 0 atom stereocenters.